The highest BCUT2D eigenvalue weighted by Gasteiger charge is 2.07. The van der Waals surface area contributed by atoms with Crippen molar-refractivity contribution in [1.29, 1.82) is 0 Å². The highest BCUT2D eigenvalue weighted by atomic mass is 19.1. The summed E-state index contributed by atoms with van der Waals surface area (Å²) in [7, 11) is 0. The van der Waals surface area contributed by atoms with Gasteiger partial charge in [0.25, 0.3) is 5.91 Å². The molecule has 2 rings (SSSR count). The summed E-state index contributed by atoms with van der Waals surface area (Å²) < 4.78 is 13.4. The number of carbonyl (C=O) groups excluding carboxylic acids is 1. The summed E-state index contributed by atoms with van der Waals surface area (Å²) in [5.41, 5.74) is 2.10. The topological polar surface area (TPSA) is 49.3 Å². The maximum Gasteiger partial charge on any atom is 0.255 e. The van der Waals surface area contributed by atoms with Gasteiger partial charge in [0.05, 0.1) is 0 Å². The number of rotatable bonds is 2. The molecule has 0 spiro atoms. The first kappa shape index (κ1) is 14.8. The largest absolute Gasteiger partial charge is 0.384 e. The van der Waals surface area contributed by atoms with E-state index in [0.29, 0.717) is 22.4 Å². The molecule has 0 aliphatic carbocycles. The van der Waals surface area contributed by atoms with E-state index in [9.17, 15) is 9.18 Å². The highest BCUT2D eigenvalue weighted by molar-refractivity contribution is 6.04. The lowest BCUT2D eigenvalue weighted by Gasteiger charge is -2.06. The second kappa shape index (κ2) is 6.69. The number of nitrogens with one attached hydrogen (secondary N) is 1. The predicted molar refractivity (Wildman–Crippen MR) is 79.5 cm³/mol. The molecule has 0 aliphatic rings. The van der Waals surface area contributed by atoms with Crippen LogP contribution < -0.4 is 5.32 Å². The third kappa shape index (κ3) is 3.91. The van der Waals surface area contributed by atoms with Crippen molar-refractivity contribution >= 4 is 11.6 Å². The molecule has 0 unspecified atom stereocenters. The molecule has 21 heavy (non-hydrogen) atoms. The molecule has 0 fully saturated rings. The normalized spacial score (nSPS) is 9.67. The number of benzene rings is 2. The van der Waals surface area contributed by atoms with Crippen molar-refractivity contribution in [2.75, 3.05) is 11.9 Å². The first-order valence-electron chi connectivity index (χ1n) is 6.37. The van der Waals surface area contributed by atoms with E-state index in [-0.39, 0.29) is 18.3 Å². The Morgan fingerprint density at radius 2 is 1.95 bits per heavy atom. The van der Waals surface area contributed by atoms with Gasteiger partial charge in [-0.1, -0.05) is 17.9 Å². The summed E-state index contributed by atoms with van der Waals surface area (Å²) in [5, 5.41) is 11.2. The van der Waals surface area contributed by atoms with Gasteiger partial charge in [0, 0.05) is 16.8 Å². The van der Waals surface area contributed by atoms with Crippen molar-refractivity contribution in [3.8, 4) is 11.8 Å². The number of amides is 1. The standard InChI is InChI=1S/C17H14FNO2/c1-12-4-9-15(11-16(12)18)19-17(21)14-7-5-13(6-8-14)3-2-10-20/h4-9,11,20H,10H2,1H3,(H,19,21). The molecule has 0 aliphatic heterocycles. The molecule has 0 atom stereocenters. The average Bonchev–Trinajstić information content (AvgIpc) is 2.49. The van der Waals surface area contributed by atoms with Crippen molar-refractivity contribution in [2.24, 2.45) is 0 Å². The first-order chi connectivity index (χ1) is 10.1. The van der Waals surface area contributed by atoms with Gasteiger partial charge >= 0.3 is 0 Å². The van der Waals surface area contributed by atoms with Crippen LogP contribution in [0.3, 0.4) is 0 Å². The molecule has 0 aromatic heterocycles. The monoisotopic (exact) mass is 283 g/mol. The van der Waals surface area contributed by atoms with Crippen molar-refractivity contribution in [3.05, 3.63) is 65.0 Å². The van der Waals surface area contributed by atoms with Crippen molar-refractivity contribution < 1.29 is 14.3 Å². The van der Waals surface area contributed by atoms with Crippen LogP contribution in [0, 0.1) is 24.6 Å². The van der Waals surface area contributed by atoms with Crippen molar-refractivity contribution in [1.82, 2.24) is 0 Å². The van der Waals surface area contributed by atoms with Gasteiger partial charge in [-0.15, -0.1) is 0 Å². The molecular weight excluding hydrogens is 269 g/mol. The number of aryl methyl sites for hydroxylation is 1. The first-order valence-corrected chi connectivity index (χ1v) is 6.37. The summed E-state index contributed by atoms with van der Waals surface area (Å²) in [6.07, 6.45) is 0. The SMILES string of the molecule is Cc1ccc(NC(=O)c2ccc(C#CCO)cc2)cc1F. The Morgan fingerprint density at radius 1 is 1.24 bits per heavy atom. The van der Waals surface area contributed by atoms with E-state index >= 15 is 0 Å². The number of aliphatic hydroxyl groups excluding tert-OH is 1. The summed E-state index contributed by atoms with van der Waals surface area (Å²) in [6.45, 7) is 1.45. The molecule has 0 bridgehead atoms. The van der Waals surface area contributed by atoms with Crippen LogP contribution in [0.4, 0.5) is 10.1 Å². The van der Waals surface area contributed by atoms with E-state index in [1.165, 1.54) is 6.07 Å². The fourth-order valence-corrected chi connectivity index (χ4v) is 1.72. The van der Waals surface area contributed by atoms with Crippen LogP contribution in [0.5, 0.6) is 0 Å². The summed E-state index contributed by atoms with van der Waals surface area (Å²) in [5.74, 6) is 4.59. The molecule has 2 aromatic rings. The van der Waals surface area contributed by atoms with E-state index < -0.39 is 0 Å². The minimum Gasteiger partial charge on any atom is -0.384 e. The smallest absolute Gasteiger partial charge is 0.255 e. The quantitative estimate of drug-likeness (QED) is 0.833. The second-order valence-corrected chi connectivity index (χ2v) is 4.46. The van der Waals surface area contributed by atoms with Crippen LogP contribution in [-0.2, 0) is 0 Å². The van der Waals surface area contributed by atoms with Gasteiger partial charge in [-0.3, -0.25) is 4.79 Å². The third-order valence-electron chi connectivity index (χ3n) is 2.89. The Labute approximate surface area is 122 Å². The summed E-state index contributed by atoms with van der Waals surface area (Å²) in [4.78, 5) is 12.0. The number of aliphatic hydroxyl groups is 1. The number of hydrogen-bond acceptors (Lipinski definition) is 2. The fourth-order valence-electron chi connectivity index (χ4n) is 1.72. The Bertz CT molecular complexity index is 712. The van der Waals surface area contributed by atoms with Crippen LogP contribution in [0.15, 0.2) is 42.5 Å². The van der Waals surface area contributed by atoms with Gasteiger partial charge in [-0.25, -0.2) is 4.39 Å². The number of hydrogen-bond donors (Lipinski definition) is 2. The number of carbonyl (C=O) groups is 1. The van der Waals surface area contributed by atoms with Crippen LogP contribution in [0.2, 0.25) is 0 Å². The third-order valence-corrected chi connectivity index (χ3v) is 2.89. The summed E-state index contributed by atoms with van der Waals surface area (Å²) >= 11 is 0. The van der Waals surface area contributed by atoms with E-state index in [4.69, 9.17) is 5.11 Å². The molecular formula is C17H14FNO2. The van der Waals surface area contributed by atoms with Crippen LogP contribution >= 0.6 is 0 Å². The lowest BCUT2D eigenvalue weighted by atomic mass is 10.1. The highest BCUT2D eigenvalue weighted by Crippen LogP contribution is 2.15. The van der Waals surface area contributed by atoms with Crippen LogP contribution in [0.25, 0.3) is 0 Å². The maximum atomic E-state index is 13.4. The van der Waals surface area contributed by atoms with Crippen LogP contribution in [-0.4, -0.2) is 17.6 Å². The zero-order valence-electron chi connectivity index (χ0n) is 11.5. The molecule has 0 radical (unpaired) electrons. The summed E-state index contributed by atoms with van der Waals surface area (Å²) in [6, 6.07) is 11.2. The minimum atomic E-state index is -0.359. The van der Waals surface area contributed by atoms with Gasteiger partial charge in [0.1, 0.15) is 12.4 Å². The molecule has 3 nitrogen and oxygen atoms in total. The van der Waals surface area contributed by atoms with Crippen LogP contribution in [0.1, 0.15) is 21.5 Å². The van der Waals surface area contributed by atoms with Gasteiger partial charge < -0.3 is 10.4 Å². The molecule has 0 heterocycles. The molecule has 2 N–H and O–H groups in total. The van der Waals surface area contributed by atoms with Gasteiger partial charge in [-0.05, 0) is 48.9 Å². The molecule has 106 valence electrons. The Balaban J connectivity index is 2.11. The Hall–Kier alpha value is -2.64. The Morgan fingerprint density at radius 3 is 2.57 bits per heavy atom. The molecule has 0 saturated carbocycles. The fraction of sp³-hybridized carbons (Fsp3) is 0.118. The lowest BCUT2D eigenvalue weighted by molar-refractivity contribution is 0.102. The lowest BCUT2D eigenvalue weighted by Crippen LogP contribution is -2.12. The zero-order valence-corrected chi connectivity index (χ0v) is 11.5. The van der Waals surface area contributed by atoms with Crippen molar-refractivity contribution in [3.63, 3.8) is 0 Å². The van der Waals surface area contributed by atoms with Gasteiger partial charge in [-0.2, -0.15) is 0 Å². The number of halogens is 1. The number of anilines is 1. The Kier molecular flexibility index (Phi) is 4.70. The minimum absolute atomic E-state index is 0.207. The van der Waals surface area contributed by atoms with E-state index in [0.717, 1.165) is 0 Å². The molecule has 0 saturated heterocycles. The molecule has 1 amide bonds. The predicted octanol–water partition coefficient (Wildman–Crippen LogP) is 2.73. The molecule has 2 aromatic carbocycles. The van der Waals surface area contributed by atoms with E-state index in [2.05, 4.69) is 17.2 Å². The van der Waals surface area contributed by atoms with E-state index in [1.54, 1.807) is 43.3 Å². The average molecular weight is 283 g/mol. The van der Waals surface area contributed by atoms with E-state index in [1.807, 2.05) is 0 Å². The molecule has 4 heteroatoms. The second-order valence-electron chi connectivity index (χ2n) is 4.46. The van der Waals surface area contributed by atoms with Gasteiger partial charge in [0.2, 0.25) is 0 Å². The van der Waals surface area contributed by atoms with Gasteiger partial charge in [0.15, 0.2) is 0 Å². The van der Waals surface area contributed by atoms with Crippen molar-refractivity contribution in [2.45, 2.75) is 6.92 Å². The zero-order chi connectivity index (χ0) is 15.2. The maximum absolute atomic E-state index is 13.4.